The Morgan fingerprint density at radius 2 is 1.73 bits per heavy atom. The largest absolute Gasteiger partial charge is 0.507 e. The van der Waals surface area contributed by atoms with Gasteiger partial charge < -0.3 is 39.3 Å². The molecule has 0 aliphatic carbocycles. The number of piperazine rings is 2. The lowest BCUT2D eigenvalue weighted by molar-refractivity contribution is -0.122. The number of carbonyl (C=O) groups is 1. The van der Waals surface area contributed by atoms with Crippen molar-refractivity contribution in [3.63, 3.8) is 0 Å². The number of nitrogens with zero attached hydrogens (tertiary/aromatic N) is 6. The van der Waals surface area contributed by atoms with Crippen molar-refractivity contribution in [1.82, 2.24) is 41.0 Å². The number of para-hydroxylation sites is 1. The summed E-state index contributed by atoms with van der Waals surface area (Å²) in [6, 6.07) is 14.7. The Kier molecular flexibility index (Phi) is 13.3. The summed E-state index contributed by atoms with van der Waals surface area (Å²) in [5.41, 5.74) is 10.4. The Labute approximate surface area is 323 Å². The number of phenolic OH excluding ortho intramolecular Hbond substituents is 1. The smallest absolute Gasteiger partial charge is 0.290 e. The average Bonchev–Trinajstić information content (AvgIpc) is 3.76. The molecule has 55 heavy (non-hydrogen) atoms. The van der Waals surface area contributed by atoms with E-state index in [1.54, 1.807) is 6.07 Å². The summed E-state index contributed by atoms with van der Waals surface area (Å²) in [6.45, 7) is 16.3. The normalized spacial score (nSPS) is 21.9. The number of rotatable bonds is 14. The molecule has 3 fully saturated rings. The molecule has 4 atom stereocenters. The molecule has 0 spiro atoms. The molecular formula is C40H57N9O6. The second-order valence-corrected chi connectivity index (χ2v) is 15.0. The molecule has 15 heteroatoms. The van der Waals surface area contributed by atoms with Crippen LogP contribution in [-0.4, -0.2) is 126 Å². The number of phenols is 1. The molecule has 4 aliphatic heterocycles. The molecule has 298 valence electrons. The Morgan fingerprint density at radius 3 is 2.44 bits per heavy atom. The fourth-order valence-electron chi connectivity index (χ4n) is 7.92. The van der Waals surface area contributed by atoms with Crippen LogP contribution in [0.5, 0.6) is 17.5 Å². The van der Waals surface area contributed by atoms with Gasteiger partial charge in [-0.25, -0.2) is 4.98 Å². The van der Waals surface area contributed by atoms with Gasteiger partial charge in [0.25, 0.3) is 12.4 Å². The Balaban J connectivity index is 0.00000166. The van der Waals surface area contributed by atoms with Gasteiger partial charge in [-0.2, -0.15) is 0 Å². The van der Waals surface area contributed by atoms with Crippen LogP contribution in [0.1, 0.15) is 57.8 Å². The van der Waals surface area contributed by atoms with E-state index in [4.69, 9.17) is 23.9 Å². The van der Waals surface area contributed by atoms with Gasteiger partial charge in [0.05, 0.1) is 11.4 Å². The number of hydrazine groups is 1. The van der Waals surface area contributed by atoms with Gasteiger partial charge in [-0.15, -0.1) is 0 Å². The molecule has 3 saturated heterocycles. The van der Waals surface area contributed by atoms with E-state index in [9.17, 15) is 5.11 Å². The zero-order chi connectivity index (χ0) is 38.9. The fraction of sp³-hybridized carbons (Fsp3) is 0.525. The SMILES string of the molecule is CNC1=C(N2CC3CCC(C2)N3c2ccnc(OCCN3CCN(CCOc4cc(C(C)C(C)C)on4)CC3C)c2)C=C(c2ccccc2O)NN1.O=CO. The first-order valence-corrected chi connectivity index (χ1v) is 19.4. The number of carboxylic acid groups (broad SMARTS) is 1. The standard InChI is InChI=1S/C39H55N9O4.CH2O2/c1-26(2)28(4)36-22-38(44-52-36)51-18-16-45-14-15-46(27(3)23-45)17-19-50-37-20-29(12-13-41-37)48-30-10-11-31(48)25-47(24-30)34-21-33(42-43-39(34)40-5)32-8-6-7-9-35(32)49;2-1-3/h6-9,12-13,20-22,26-28,30-31,40,42-43,49H,10-11,14-19,23-25H2,1-5H3;1H,(H,2,3). The van der Waals surface area contributed by atoms with Gasteiger partial charge in [0.15, 0.2) is 0 Å². The topological polar surface area (TPSA) is 164 Å². The highest BCUT2D eigenvalue weighted by molar-refractivity contribution is 5.72. The van der Waals surface area contributed by atoms with Gasteiger partial charge >= 0.3 is 0 Å². The number of pyridine rings is 1. The van der Waals surface area contributed by atoms with E-state index >= 15 is 0 Å². The monoisotopic (exact) mass is 759 g/mol. The van der Waals surface area contributed by atoms with E-state index in [0.29, 0.717) is 54.9 Å². The number of aromatic nitrogens is 2. The third-order valence-electron chi connectivity index (χ3n) is 11.2. The van der Waals surface area contributed by atoms with E-state index in [1.807, 2.05) is 37.5 Å². The molecule has 0 amide bonds. The first-order valence-electron chi connectivity index (χ1n) is 19.4. The maximum absolute atomic E-state index is 10.5. The molecule has 15 nitrogen and oxygen atoms in total. The molecule has 7 rings (SSSR count). The molecule has 1 aromatic carbocycles. The molecule has 4 unspecified atom stereocenters. The van der Waals surface area contributed by atoms with Gasteiger partial charge in [-0.3, -0.25) is 25.4 Å². The Hall–Kier alpha value is -5.15. The van der Waals surface area contributed by atoms with Crippen molar-refractivity contribution < 1.29 is 29.0 Å². The van der Waals surface area contributed by atoms with Crippen LogP contribution in [0.15, 0.2) is 70.8 Å². The molecule has 3 aromatic rings. The number of anilines is 1. The number of fused-ring (bicyclic) bond motifs is 2. The van der Waals surface area contributed by atoms with Crippen LogP contribution < -0.4 is 30.5 Å². The van der Waals surface area contributed by atoms with E-state index in [0.717, 1.165) is 87.2 Å². The molecule has 0 saturated carbocycles. The number of hydrogen-bond donors (Lipinski definition) is 5. The highest BCUT2D eigenvalue weighted by atomic mass is 16.5. The lowest BCUT2D eigenvalue weighted by Crippen LogP contribution is -2.55. The van der Waals surface area contributed by atoms with Crippen molar-refractivity contribution in [3.8, 4) is 17.5 Å². The van der Waals surface area contributed by atoms with Crippen molar-refractivity contribution in [2.24, 2.45) is 5.92 Å². The van der Waals surface area contributed by atoms with E-state index in [-0.39, 0.29) is 12.2 Å². The molecule has 0 radical (unpaired) electrons. The second kappa shape index (κ2) is 18.5. The first-order chi connectivity index (χ1) is 26.7. The Morgan fingerprint density at radius 1 is 1.00 bits per heavy atom. The minimum atomic E-state index is -0.250. The van der Waals surface area contributed by atoms with Crippen LogP contribution >= 0.6 is 0 Å². The molecule has 2 aromatic heterocycles. The van der Waals surface area contributed by atoms with E-state index < -0.39 is 0 Å². The maximum Gasteiger partial charge on any atom is 0.290 e. The number of allylic oxidation sites excluding steroid dienone is 1. The van der Waals surface area contributed by atoms with Crippen LogP contribution in [0.25, 0.3) is 5.70 Å². The molecule has 6 heterocycles. The van der Waals surface area contributed by atoms with Crippen LogP contribution in [-0.2, 0) is 4.79 Å². The minimum Gasteiger partial charge on any atom is -0.507 e. The molecule has 4 aliphatic rings. The zero-order valence-electron chi connectivity index (χ0n) is 32.6. The van der Waals surface area contributed by atoms with Crippen molar-refractivity contribution in [2.45, 2.75) is 64.6 Å². The predicted octanol–water partition coefficient (Wildman–Crippen LogP) is 3.89. The summed E-state index contributed by atoms with van der Waals surface area (Å²) in [5.74, 6) is 4.12. The highest BCUT2D eigenvalue weighted by Gasteiger charge is 2.41. The zero-order valence-corrected chi connectivity index (χ0v) is 32.6. The first kappa shape index (κ1) is 39.5. The van der Waals surface area contributed by atoms with E-state index in [1.165, 1.54) is 5.69 Å². The van der Waals surface area contributed by atoms with Crippen molar-refractivity contribution >= 4 is 17.9 Å². The third-order valence-corrected chi connectivity index (χ3v) is 11.2. The highest BCUT2D eigenvalue weighted by Crippen LogP contribution is 2.38. The van der Waals surface area contributed by atoms with Gasteiger partial charge in [0, 0.05) is 106 Å². The minimum absolute atomic E-state index is 0.250. The van der Waals surface area contributed by atoms with E-state index in [2.05, 4.69) is 91.8 Å². The summed E-state index contributed by atoms with van der Waals surface area (Å²) < 4.78 is 17.7. The Bertz CT molecular complexity index is 1770. The number of benzene rings is 1. The molecule has 2 bridgehead atoms. The molecular weight excluding hydrogens is 702 g/mol. The van der Waals surface area contributed by atoms with Gasteiger partial charge in [0.1, 0.15) is 30.5 Å². The molecule has 5 N–H and O–H groups in total. The van der Waals surface area contributed by atoms with Gasteiger partial charge in [-0.1, -0.05) is 32.9 Å². The fourth-order valence-corrected chi connectivity index (χ4v) is 7.92. The van der Waals surface area contributed by atoms with Gasteiger partial charge in [-0.05, 0) is 55.1 Å². The summed E-state index contributed by atoms with van der Waals surface area (Å²) in [6.07, 6.45) is 6.28. The van der Waals surface area contributed by atoms with Crippen LogP contribution in [0.3, 0.4) is 0 Å². The van der Waals surface area contributed by atoms with Crippen molar-refractivity contribution in [3.05, 3.63) is 77.6 Å². The summed E-state index contributed by atoms with van der Waals surface area (Å²) >= 11 is 0. The summed E-state index contributed by atoms with van der Waals surface area (Å²) in [5, 5.41) is 24.8. The van der Waals surface area contributed by atoms with Crippen LogP contribution in [0, 0.1) is 5.92 Å². The number of hydrogen-bond acceptors (Lipinski definition) is 14. The predicted molar refractivity (Wildman–Crippen MR) is 210 cm³/mol. The summed E-state index contributed by atoms with van der Waals surface area (Å²) in [4.78, 5) is 22.9. The number of likely N-dealkylation sites (tertiary alicyclic amines) is 1. The van der Waals surface area contributed by atoms with Crippen molar-refractivity contribution in [2.75, 3.05) is 71.0 Å². The number of ether oxygens (including phenoxy) is 2. The second-order valence-electron chi connectivity index (χ2n) is 15.0. The van der Waals surface area contributed by atoms with Crippen molar-refractivity contribution in [1.29, 1.82) is 0 Å². The average molecular weight is 760 g/mol. The summed E-state index contributed by atoms with van der Waals surface area (Å²) in [7, 11) is 1.93. The number of aromatic hydroxyl groups is 1. The maximum atomic E-state index is 10.5. The number of nitrogens with one attached hydrogen (secondary N) is 3. The lowest BCUT2D eigenvalue weighted by Gasteiger charge is -2.45. The lowest BCUT2D eigenvalue weighted by atomic mass is 9.96. The van der Waals surface area contributed by atoms with Gasteiger partial charge in [0.2, 0.25) is 5.88 Å². The van der Waals surface area contributed by atoms with Crippen LogP contribution in [0.4, 0.5) is 5.69 Å². The quantitative estimate of drug-likeness (QED) is 0.150. The third kappa shape index (κ3) is 9.57. The van der Waals surface area contributed by atoms with Crippen LogP contribution in [0.2, 0.25) is 0 Å².